The second kappa shape index (κ2) is 33.7. The Labute approximate surface area is 504 Å². The summed E-state index contributed by atoms with van der Waals surface area (Å²) >= 11 is 0. The highest BCUT2D eigenvalue weighted by atomic mass is 31.2. The molecule has 21 nitrogen and oxygen atoms in total. The van der Waals surface area contributed by atoms with E-state index >= 15 is 4.57 Å². The molecule has 23 heteroatoms. The van der Waals surface area contributed by atoms with Crippen molar-refractivity contribution in [1.82, 2.24) is 10.6 Å². The van der Waals surface area contributed by atoms with Gasteiger partial charge in [0.15, 0.2) is 27.0 Å². The molecule has 2 fully saturated rings. The van der Waals surface area contributed by atoms with Crippen LogP contribution in [-0.2, 0) is 109 Å². The van der Waals surface area contributed by atoms with Crippen molar-refractivity contribution in [2.45, 2.75) is 253 Å². The van der Waals surface area contributed by atoms with Gasteiger partial charge in [-0.1, -0.05) is 151 Å². The van der Waals surface area contributed by atoms with Gasteiger partial charge in [0.2, 0.25) is 11.8 Å². The van der Waals surface area contributed by atoms with Crippen molar-refractivity contribution in [2.24, 2.45) is 17.8 Å². The number of fused-ring (bicyclic) bond motifs is 1. The highest BCUT2D eigenvalue weighted by Crippen LogP contribution is 2.55. The molecule has 2 amide bonds. The second-order valence-corrected chi connectivity index (χ2v) is 30.6. The fraction of sp³-hybridized carbons (Fsp3) is 0.710. The largest absolute Gasteiger partial charge is 0.475 e. The summed E-state index contributed by atoms with van der Waals surface area (Å²) < 4.78 is 91.7. The molecule has 3 heterocycles. The first kappa shape index (κ1) is 71.1. The molecule has 3 aliphatic rings. The van der Waals surface area contributed by atoms with Crippen molar-refractivity contribution in [3.05, 3.63) is 71.3 Å². The number of esters is 4. The number of benzene rings is 2. The number of carbonyl (C=O) groups excluding carboxylic acids is 6. The summed E-state index contributed by atoms with van der Waals surface area (Å²) in [6.07, 6.45) is -9.51. The predicted octanol–water partition coefficient (Wildman–Crippen LogP) is 10.5. The zero-order chi connectivity index (χ0) is 62.6. The lowest BCUT2D eigenvalue weighted by molar-refractivity contribution is -0.293. The van der Waals surface area contributed by atoms with Gasteiger partial charge in [-0.2, -0.15) is 0 Å². The maximum absolute atomic E-state index is 15.1. The van der Waals surface area contributed by atoms with E-state index in [1.54, 1.807) is 52.0 Å². The summed E-state index contributed by atoms with van der Waals surface area (Å²) in [6, 6.07) is 14.0. The van der Waals surface area contributed by atoms with E-state index in [0.717, 1.165) is 18.4 Å². The van der Waals surface area contributed by atoms with Crippen LogP contribution in [0.1, 0.15) is 164 Å². The van der Waals surface area contributed by atoms with Gasteiger partial charge in [0.05, 0.1) is 52.0 Å². The molecular weight excluding hydrogens is 1140 g/mol. The third-order valence-electron chi connectivity index (χ3n) is 16.4. The number of hydrogen-bond donors (Lipinski definition) is 2. The topological polar surface area (TPSA) is 254 Å². The summed E-state index contributed by atoms with van der Waals surface area (Å²) in [4.78, 5) is 82.3. The smallest absolute Gasteiger partial charge is 0.462 e. The number of ether oxygens (including phenoxy) is 8. The number of carbonyl (C=O) groups is 6. The van der Waals surface area contributed by atoms with Crippen molar-refractivity contribution in [2.75, 3.05) is 13.2 Å². The van der Waals surface area contributed by atoms with Crippen LogP contribution in [0.25, 0.3) is 0 Å². The van der Waals surface area contributed by atoms with E-state index in [0.29, 0.717) is 11.1 Å². The number of amides is 2. The molecule has 478 valence electrons. The third-order valence-corrected chi connectivity index (χ3v) is 22.2. The zero-order valence-electron chi connectivity index (χ0n) is 52.6. The maximum Gasteiger partial charge on any atom is 0.475 e. The van der Waals surface area contributed by atoms with Gasteiger partial charge in [-0.15, -0.1) is 0 Å². The Hall–Kier alpha value is -4.61. The second-order valence-electron chi connectivity index (χ2n) is 24.2. The normalized spacial score (nSPS) is 25.6. The molecule has 85 heavy (non-hydrogen) atoms. The van der Waals surface area contributed by atoms with Gasteiger partial charge in [0.1, 0.15) is 42.6 Å². The number of nitrogens with one attached hydrogen (secondary N) is 2. The molecule has 5 rings (SSSR count). The zero-order valence-corrected chi connectivity index (χ0v) is 54.5. The molecule has 0 aromatic heterocycles. The van der Waals surface area contributed by atoms with Gasteiger partial charge in [0.25, 0.3) is 0 Å². The third kappa shape index (κ3) is 21.6. The minimum absolute atomic E-state index is 0.00399. The standard InChI is InChI=1S/C62H97N2O19PSi/c1-15-39(7)30-49(65)63-55-57(80-53(69)31-40(8)16-2)41(9)47(78-61(55)83-85(13,14)62(10,11)12)38-73-60-56(64-50(66)32-45(17-3)76-51(67)19-5)59(81-54(70)33-46(18-4)77-52(68)20-6)58(48(79-60)37-72-34-42-26-22-21-23-27-42)82-84(71)74-35-43-28-24-25-29-44(43)36-75-84/h21-29,39-41,45-48,55-61H,15-20,30-38H2,1-14H3,(H,63,65)(H,64,66)/t39-,40-,41-,45-,46-,47?,48?,55?,56?,57+,58-,59-,60-,61?/m1/s1. The Morgan fingerprint density at radius 2 is 1.13 bits per heavy atom. The van der Waals surface area contributed by atoms with Crippen LogP contribution in [0.3, 0.4) is 0 Å². The molecule has 3 aliphatic heterocycles. The summed E-state index contributed by atoms with van der Waals surface area (Å²) in [6.45, 7) is 25.9. The fourth-order valence-electron chi connectivity index (χ4n) is 9.45. The molecule has 0 spiro atoms. The quantitative estimate of drug-likeness (QED) is 0.0308. The van der Waals surface area contributed by atoms with Crippen LogP contribution in [0.15, 0.2) is 54.6 Å². The van der Waals surface area contributed by atoms with E-state index in [-0.39, 0.29) is 101 Å². The fourth-order valence-corrected chi connectivity index (χ4v) is 11.9. The van der Waals surface area contributed by atoms with Gasteiger partial charge in [0, 0.05) is 31.6 Å². The van der Waals surface area contributed by atoms with Crippen LogP contribution in [-0.4, -0.2) is 125 Å². The Bertz CT molecular complexity index is 2480. The minimum Gasteiger partial charge on any atom is -0.462 e. The predicted molar refractivity (Wildman–Crippen MR) is 317 cm³/mol. The monoisotopic (exact) mass is 1230 g/mol. The molecule has 2 aromatic rings. The lowest BCUT2D eigenvalue weighted by atomic mass is 9.88. The van der Waals surface area contributed by atoms with E-state index < -0.39 is 126 Å². The van der Waals surface area contributed by atoms with Crippen LogP contribution < -0.4 is 10.6 Å². The first-order chi connectivity index (χ1) is 40.2. The molecule has 0 radical (unpaired) electrons. The van der Waals surface area contributed by atoms with Gasteiger partial charge in [-0.05, 0) is 59.5 Å². The molecule has 2 N–H and O–H groups in total. The molecule has 0 aliphatic carbocycles. The number of phosphoric ester groups is 1. The molecule has 0 bridgehead atoms. The van der Waals surface area contributed by atoms with Crippen LogP contribution in [0.4, 0.5) is 0 Å². The maximum atomic E-state index is 15.1. The van der Waals surface area contributed by atoms with Gasteiger partial charge in [-0.3, -0.25) is 42.3 Å². The molecule has 0 saturated carbocycles. The molecule has 5 unspecified atom stereocenters. The minimum atomic E-state index is -4.65. The Kier molecular flexibility index (Phi) is 28.2. The van der Waals surface area contributed by atoms with Crippen molar-refractivity contribution in [3.63, 3.8) is 0 Å². The summed E-state index contributed by atoms with van der Waals surface area (Å²) in [7, 11) is -7.40. The van der Waals surface area contributed by atoms with Crippen molar-refractivity contribution < 1.29 is 89.2 Å². The average Bonchev–Trinajstić information content (AvgIpc) is 2.73. The molecular formula is C62H97N2O19PSi. The average molecular weight is 1230 g/mol. The van der Waals surface area contributed by atoms with E-state index in [9.17, 15) is 28.8 Å². The lowest BCUT2D eigenvalue weighted by Crippen LogP contribution is -2.67. The Morgan fingerprint density at radius 1 is 0.624 bits per heavy atom. The van der Waals surface area contributed by atoms with Crippen molar-refractivity contribution >= 4 is 51.8 Å². The van der Waals surface area contributed by atoms with Crippen LogP contribution in [0.2, 0.25) is 18.1 Å². The van der Waals surface area contributed by atoms with Crippen LogP contribution >= 0.6 is 7.82 Å². The van der Waals surface area contributed by atoms with E-state index in [1.165, 1.54) is 0 Å². The van der Waals surface area contributed by atoms with Crippen LogP contribution in [0.5, 0.6) is 0 Å². The van der Waals surface area contributed by atoms with Gasteiger partial charge < -0.3 is 53.0 Å². The Balaban J connectivity index is 1.66. The number of rotatable bonds is 31. The van der Waals surface area contributed by atoms with E-state index in [2.05, 4.69) is 31.4 Å². The molecule has 2 saturated heterocycles. The highest BCUT2D eigenvalue weighted by Gasteiger charge is 2.56. The van der Waals surface area contributed by atoms with E-state index in [4.69, 9.17) is 55.9 Å². The SMILES string of the molecule is CCC(=O)O[C@H](CC)CC(=O)NC1[C@H](OCC2OC(O[Si](C)(C)C(C)(C)C)C(NC(=O)C[C@H](C)CC)[C@@H](OC(=O)C[C@H](C)CC)[C@@H]2C)OC(COCc2ccccc2)[C@@H](OP2(=O)OCc3ccccc3CO2)[C@@H]1OC(=O)C[C@@H](CC)OC(=O)CC. The first-order valence-electron chi connectivity index (χ1n) is 30.5. The molecule has 2 aromatic carbocycles. The van der Waals surface area contributed by atoms with E-state index in [1.807, 2.05) is 78.0 Å². The van der Waals surface area contributed by atoms with Crippen molar-refractivity contribution in [3.8, 4) is 0 Å². The van der Waals surface area contributed by atoms with Gasteiger partial charge in [-0.25, -0.2) is 4.57 Å². The highest BCUT2D eigenvalue weighted by molar-refractivity contribution is 7.48. The first-order valence-corrected chi connectivity index (χ1v) is 34.9. The van der Waals surface area contributed by atoms with Crippen molar-refractivity contribution in [1.29, 1.82) is 0 Å². The van der Waals surface area contributed by atoms with Crippen LogP contribution in [0, 0.1) is 17.8 Å². The summed E-state index contributed by atoms with van der Waals surface area (Å²) in [5.41, 5.74) is 2.18. The molecule has 14 atom stereocenters. The van der Waals surface area contributed by atoms with Gasteiger partial charge >= 0.3 is 31.7 Å². The summed E-state index contributed by atoms with van der Waals surface area (Å²) in [5, 5.41) is 5.77. The number of hydrogen-bond acceptors (Lipinski definition) is 19. The number of phosphoric acid groups is 1. The lowest BCUT2D eigenvalue weighted by Gasteiger charge is -2.49. The summed E-state index contributed by atoms with van der Waals surface area (Å²) in [5.74, 6) is -4.03. The Morgan fingerprint density at radius 3 is 1.68 bits per heavy atom.